The first-order valence-electron chi connectivity index (χ1n) is 7.54. The number of rotatable bonds is 2. The number of hydrogen-bond donors (Lipinski definition) is 1. The minimum absolute atomic E-state index is 0.212. The van der Waals surface area contributed by atoms with Crippen LogP contribution in [0.15, 0.2) is 18.2 Å². The van der Waals surface area contributed by atoms with Crippen molar-refractivity contribution in [3.8, 4) is 0 Å². The van der Waals surface area contributed by atoms with Gasteiger partial charge >= 0.3 is 6.18 Å². The van der Waals surface area contributed by atoms with E-state index in [-0.39, 0.29) is 11.6 Å². The van der Waals surface area contributed by atoms with Crippen LogP contribution in [-0.2, 0) is 6.18 Å². The van der Waals surface area contributed by atoms with Crippen molar-refractivity contribution in [2.75, 3.05) is 18.0 Å². The summed E-state index contributed by atoms with van der Waals surface area (Å²) < 4.78 is 39.2. The van der Waals surface area contributed by atoms with Crippen LogP contribution in [0.3, 0.4) is 0 Å². The zero-order valence-corrected chi connectivity index (χ0v) is 12.4. The van der Waals surface area contributed by atoms with Gasteiger partial charge in [0.1, 0.15) is 0 Å². The summed E-state index contributed by atoms with van der Waals surface area (Å²) in [7, 11) is 0. The van der Waals surface area contributed by atoms with E-state index in [1.807, 2.05) is 6.07 Å². The van der Waals surface area contributed by atoms with Crippen molar-refractivity contribution in [3.05, 3.63) is 29.3 Å². The Morgan fingerprint density at radius 1 is 1.24 bits per heavy atom. The first kappa shape index (κ1) is 14.7. The van der Waals surface area contributed by atoms with Crippen molar-refractivity contribution in [3.63, 3.8) is 0 Å². The molecule has 2 unspecified atom stereocenters. The highest BCUT2D eigenvalue weighted by molar-refractivity contribution is 5.53. The van der Waals surface area contributed by atoms with Gasteiger partial charge in [-0.25, -0.2) is 0 Å². The van der Waals surface area contributed by atoms with E-state index >= 15 is 0 Å². The van der Waals surface area contributed by atoms with Gasteiger partial charge in [-0.2, -0.15) is 13.2 Å². The molecule has 116 valence electrons. The lowest BCUT2D eigenvalue weighted by atomic mass is 10.0. The molecule has 3 rings (SSSR count). The van der Waals surface area contributed by atoms with E-state index in [2.05, 4.69) is 17.1 Å². The summed E-state index contributed by atoms with van der Waals surface area (Å²) in [6, 6.07) is 5.33. The van der Waals surface area contributed by atoms with Gasteiger partial charge in [0.25, 0.3) is 0 Å². The van der Waals surface area contributed by atoms with Crippen LogP contribution >= 0.6 is 0 Å². The van der Waals surface area contributed by atoms with Crippen LogP contribution in [0.5, 0.6) is 0 Å². The van der Waals surface area contributed by atoms with Gasteiger partial charge in [-0.1, -0.05) is 6.07 Å². The molecule has 1 heterocycles. The Morgan fingerprint density at radius 3 is 2.57 bits per heavy atom. The fourth-order valence-electron chi connectivity index (χ4n) is 3.16. The predicted octanol–water partition coefficient (Wildman–Crippen LogP) is 3.59. The molecule has 0 spiro atoms. The molecule has 0 bridgehead atoms. The van der Waals surface area contributed by atoms with Gasteiger partial charge in [0.05, 0.1) is 5.56 Å². The Kier molecular flexibility index (Phi) is 3.64. The van der Waals surface area contributed by atoms with E-state index in [1.165, 1.54) is 25.8 Å². The van der Waals surface area contributed by atoms with Gasteiger partial charge in [-0.05, 0) is 50.3 Å². The molecule has 2 nitrogen and oxygen atoms in total. The molecular formula is C16H21F3N2. The quantitative estimate of drug-likeness (QED) is 0.897. The Labute approximate surface area is 123 Å². The molecule has 2 atom stereocenters. The Hall–Kier alpha value is -1.23. The minimum atomic E-state index is -4.28. The SMILES string of the molecule is Cc1ccc(N2CC(C3CC3)NCC2C)cc1C(F)(F)F. The molecule has 1 aliphatic carbocycles. The minimum Gasteiger partial charge on any atom is -0.366 e. The lowest BCUT2D eigenvalue weighted by molar-refractivity contribution is -0.138. The smallest absolute Gasteiger partial charge is 0.366 e. The summed E-state index contributed by atoms with van der Waals surface area (Å²) in [5.41, 5.74) is 0.453. The van der Waals surface area contributed by atoms with Gasteiger partial charge in [-0.15, -0.1) is 0 Å². The lowest BCUT2D eigenvalue weighted by Gasteiger charge is -2.41. The number of benzene rings is 1. The largest absolute Gasteiger partial charge is 0.416 e. The highest BCUT2D eigenvalue weighted by atomic mass is 19.4. The van der Waals surface area contributed by atoms with Crippen LogP contribution < -0.4 is 10.2 Å². The van der Waals surface area contributed by atoms with Gasteiger partial charge in [0, 0.05) is 30.9 Å². The van der Waals surface area contributed by atoms with Crippen LogP contribution in [0.25, 0.3) is 0 Å². The van der Waals surface area contributed by atoms with Crippen LogP contribution in [-0.4, -0.2) is 25.2 Å². The predicted molar refractivity (Wildman–Crippen MR) is 77.5 cm³/mol. The molecule has 1 aromatic carbocycles. The van der Waals surface area contributed by atoms with E-state index in [0.717, 1.165) is 13.1 Å². The van der Waals surface area contributed by atoms with Gasteiger partial charge in [0.15, 0.2) is 0 Å². The summed E-state index contributed by atoms with van der Waals surface area (Å²) in [4.78, 5) is 2.12. The molecule has 2 fully saturated rings. The van der Waals surface area contributed by atoms with Crippen molar-refractivity contribution >= 4 is 5.69 Å². The third-order valence-corrected chi connectivity index (χ3v) is 4.65. The summed E-state index contributed by atoms with van der Waals surface area (Å²) in [5, 5.41) is 3.52. The van der Waals surface area contributed by atoms with Crippen molar-refractivity contribution < 1.29 is 13.2 Å². The summed E-state index contributed by atoms with van der Waals surface area (Å²) in [6.45, 7) is 5.20. The molecule has 5 heteroatoms. The molecule has 1 saturated heterocycles. The third-order valence-electron chi connectivity index (χ3n) is 4.65. The molecular weight excluding hydrogens is 277 g/mol. The van der Waals surface area contributed by atoms with Crippen LogP contribution in [0, 0.1) is 12.8 Å². The summed E-state index contributed by atoms with van der Waals surface area (Å²) >= 11 is 0. The standard InChI is InChI=1S/C16H21F3N2/c1-10-3-6-13(7-14(10)16(17,18)19)21-9-15(12-4-5-12)20-8-11(21)2/h3,6-7,11-12,15,20H,4-5,8-9H2,1-2H3. The number of aryl methyl sites for hydroxylation is 1. The maximum Gasteiger partial charge on any atom is 0.416 e. The van der Waals surface area contributed by atoms with E-state index in [1.54, 1.807) is 6.07 Å². The lowest BCUT2D eigenvalue weighted by Crippen LogP contribution is -2.56. The topological polar surface area (TPSA) is 15.3 Å². The van der Waals surface area contributed by atoms with E-state index in [9.17, 15) is 13.2 Å². The fourth-order valence-corrected chi connectivity index (χ4v) is 3.16. The Balaban J connectivity index is 1.87. The van der Waals surface area contributed by atoms with Crippen LogP contribution in [0.1, 0.15) is 30.9 Å². The zero-order chi connectivity index (χ0) is 15.2. The summed E-state index contributed by atoms with van der Waals surface area (Å²) in [6.07, 6.45) is -1.81. The van der Waals surface area contributed by atoms with E-state index in [0.29, 0.717) is 17.6 Å². The highest BCUT2D eigenvalue weighted by Gasteiger charge is 2.37. The van der Waals surface area contributed by atoms with Gasteiger partial charge < -0.3 is 10.2 Å². The average molecular weight is 298 g/mol. The maximum atomic E-state index is 13.1. The first-order chi connectivity index (χ1) is 9.86. The monoisotopic (exact) mass is 298 g/mol. The molecule has 0 amide bonds. The molecule has 2 aliphatic rings. The van der Waals surface area contributed by atoms with Gasteiger partial charge in [0.2, 0.25) is 0 Å². The van der Waals surface area contributed by atoms with Crippen molar-refractivity contribution in [2.24, 2.45) is 5.92 Å². The molecule has 1 N–H and O–H groups in total. The molecule has 1 aliphatic heterocycles. The van der Waals surface area contributed by atoms with Crippen molar-refractivity contribution in [1.29, 1.82) is 0 Å². The van der Waals surface area contributed by atoms with Crippen LogP contribution in [0.2, 0.25) is 0 Å². The molecule has 0 radical (unpaired) electrons. The normalized spacial score (nSPS) is 27.0. The molecule has 0 aromatic heterocycles. The number of alkyl halides is 3. The summed E-state index contributed by atoms with van der Waals surface area (Å²) in [5.74, 6) is 0.701. The average Bonchev–Trinajstić information content (AvgIpc) is 3.23. The number of nitrogens with zero attached hydrogens (tertiary/aromatic N) is 1. The highest BCUT2D eigenvalue weighted by Crippen LogP contribution is 2.37. The fraction of sp³-hybridized carbons (Fsp3) is 0.625. The number of hydrogen-bond acceptors (Lipinski definition) is 2. The molecule has 1 aromatic rings. The second-order valence-electron chi connectivity index (χ2n) is 6.35. The number of halogens is 3. The zero-order valence-electron chi connectivity index (χ0n) is 12.4. The van der Waals surface area contributed by atoms with Crippen LogP contribution in [0.4, 0.5) is 18.9 Å². The Morgan fingerprint density at radius 2 is 1.95 bits per heavy atom. The second-order valence-corrected chi connectivity index (χ2v) is 6.35. The van der Waals surface area contributed by atoms with Gasteiger partial charge in [-0.3, -0.25) is 0 Å². The number of piperazine rings is 1. The second kappa shape index (κ2) is 5.20. The number of nitrogens with one attached hydrogen (secondary N) is 1. The number of anilines is 1. The molecule has 21 heavy (non-hydrogen) atoms. The maximum absolute atomic E-state index is 13.1. The Bertz CT molecular complexity index is 523. The third kappa shape index (κ3) is 3.03. The van der Waals surface area contributed by atoms with E-state index in [4.69, 9.17) is 0 Å². The first-order valence-corrected chi connectivity index (χ1v) is 7.54. The van der Waals surface area contributed by atoms with E-state index < -0.39 is 11.7 Å². The molecule has 1 saturated carbocycles. The van der Waals surface area contributed by atoms with Crippen molar-refractivity contribution in [2.45, 2.75) is 44.9 Å². The van der Waals surface area contributed by atoms with Crippen molar-refractivity contribution in [1.82, 2.24) is 5.32 Å².